The molecule has 0 N–H and O–H groups in total. The number of rotatable bonds is 8. The van der Waals surface area contributed by atoms with Gasteiger partial charge in [0.05, 0.1) is 19.8 Å². The lowest BCUT2D eigenvalue weighted by molar-refractivity contribution is -0.136. The molecule has 0 bridgehead atoms. The number of carbonyl (C=O) groups is 1. The Bertz CT molecular complexity index is 601. The zero-order valence-corrected chi connectivity index (χ0v) is 16.9. The van der Waals surface area contributed by atoms with Crippen molar-refractivity contribution in [3.05, 3.63) is 29.8 Å². The van der Waals surface area contributed by atoms with Crippen LogP contribution in [0.5, 0.6) is 5.75 Å². The zero-order valence-electron chi connectivity index (χ0n) is 16.9. The summed E-state index contributed by atoms with van der Waals surface area (Å²) in [7, 11) is 1.70. The lowest BCUT2D eigenvalue weighted by atomic mass is 10.00. The fourth-order valence-electron chi connectivity index (χ4n) is 4.37. The molecule has 5 nitrogen and oxygen atoms in total. The van der Waals surface area contributed by atoms with Crippen LogP contribution in [-0.4, -0.2) is 61.2 Å². The third-order valence-electron chi connectivity index (χ3n) is 5.85. The molecule has 2 aliphatic heterocycles. The van der Waals surface area contributed by atoms with Gasteiger partial charge in [-0.25, -0.2) is 0 Å². The van der Waals surface area contributed by atoms with Crippen molar-refractivity contribution in [1.82, 2.24) is 9.80 Å². The van der Waals surface area contributed by atoms with E-state index in [9.17, 15) is 4.79 Å². The first-order chi connectivity index (χ1) is 13.2. The van der Waals surface area contributed by atoms with Gasteiger partial charge in [0.1, 0.15) is 5.75 Å². The minimum absolute atomic E-state index is 0.232. The van der Waals surface area contributed by atoms with E-state index in [1.165, 1.54) is 6.42 Å². The van der Waals surface area contributed by atoms with Crippen molar-refractivity contribution >= 4 is 5.91 Å². The first-order valence-corrected chi connectivity index (χ1v) is 10.5. The van der Waals surface area contributed by atoms with E-state index in [1.54, 1.807) is 7.11 Å². The Kier molecular flexibility index (Phi) is 7.53. The summed E-state index contributed by atoms with van der Waals surface area (Å²) >= 11 is 0. The fourth-order valence-corrected chi connectivity index (χ4v) is 4.37. The van der Waals surface area contributed by atoms with Gasteiger partial charge in [0.15, 0.2) is 0 Å². The summed E-state index contributed by atoms with van der Waals surface area (Å²) in [6.07, 6.45) is 6.98. The maximum atomic E-state index is 13.1. The van der Waals surface area contributed by atoms with Gasteiger partial charge in [-0.2, -0.15) is 0 Å². The molecule has 1 aromatic rings. The normalized spacial score (nSPS) is 23.0. The fraction of sp³-hybridized carbons (Fsp3) is 0.682. The third-order valence-corrected chi connectivity index (χ3v) is 5.85. The number of hydrogen-bond donors (Lipinski definition) is 0. The molecule has 1 aromatic carbocycles. The van der Waals surface area contributed by atoms with Crippen LogP contribution in [0.4, 0.5) is 0 Å². The van der Waals surface area contributed by atoms with Crippen LogP contribution in [0.15, 0.2) is 24.3 Å². The highest BCUT2D eigenvalue weighted by molar-refractivity contribution is 5.78. The van der Waals surface area contributed by atoms with Crippen LogP contribution in [0.25, 0.3) is 0 Å². The molecule has 5 heteroatoms. The predicted octanol–water partition coefficient (Wildman–Crippen LogP) is 3.47. The van der Waals surface area contributed by atoms with Crippen molar-refractivity contribution in [3.63, 3.8) is 0 Å². The van der Waals surface area contributed by atoms with E-state index >= 15 is 0 Å². The first-order valence-electron chi connectivity index (χ1n) is 10.5. The standard InChI is InChI=1S/C22H34N2O3/c1-3-19-10-6-7-13-24(19)22(25)17-23(16-20-11-8-14-27-20)15-18-9-4-5-12-21(18)26-2/h4-5,9,12,19-20H,3,6-8,10-11,13-17H2,1-2H3. The Balaban J connectivity index is 1.69. The number of piperidine rings is 1. The molecule has 0 aromatic heterocycles. The molecule has 0 radical (unpaired) electrons. The van der Waals surface area contributed by atoms with E-state index in [4.69, 9.17) is 9.47 Å². The SMILES string of the molecule is CCC1CCCCN1C(=O)CN(Cc1ccccc1OC)CC1CCCO1. The molecule has 2 heterocycles. The van der Waals surface area contributed by atoms with Crippen molar-refractivity contribution < 1.29 is 14.3 Å². The van der Waals surface area contributed by atoms with E-state index in [0.29, 0.717) is 19.1 Å². The zero-order chi connectivity index (χ0) is 19.1. The van der Waals surface area contributed by atoms with Crippen LogP contribution in [0.3, 0.4) is 0 Å². The molecule has 27 heavy (non-hydrogen) atoms. The Labute approximate surface area is 163 Å². The number of methoxy groups -OCH3 is 1. The van der Waals surface area contributed by atoms with Gasteiger partial charge in [0.25, 0.3) is 0 Å². The van der Waals surface area contributed by atoms with Gasteiger partial charge in [-0.1, -0.05) is 25.1 Å². The lowest BCUT2D eigenvalue weighted by Crippen LogP contribution is -2.48. The Hall–Kier alpha value is -1.59. The van der Waals surface area contributed by atoms with E-state index in [0.717, 1.165) is 63.1 Å². The summed E-state index contributed by atoms with van der Waals surface area (Å²) in [6.45, 7) is 5.89. The highest BCUT2D eigenvalue weighted by Crippen LogP contribution is 2.23. The second kappa shape index (κ2) is 10.1. The molecule has 0 spiro atoms. The number of para-hydroxylation sites is 1. The number of hydrogen-bond acceptors (Lipinski definition) is 4. The second-order valence-electron chi connectivity index (χ2n) is 7.76. The molecule has 2 unspecified atom stereocenters. The summed E-state index contributed by atoms with van der Waals surface area (Å²) in [5, 5.41) is 0. The van der Waals surface area contributed by atoms with Crippen LogP contribution in [0.2, 0.25) is 0 Å². The van der Waals surface area contributed by atoms with Crippen molar-refractivity contribution in [2.24, 2.45) is 0 Å². The van der Waals surface area contributed by atoms with Crippen molar-refractivity contribution in [2.75, 3.05) is 33.4 Å². The molecule has 1 amide bonds. The lowest BCUT2D eigenvalue weighted by Gasteiger charge is -2.37. The Morgan fingerprint density at radius 2 is 2.11 bits per heavy atom. The van der Waals surface area contributed by atoms with E-state index in [2.05, 4.69) is 22.8 Å². The number of ether oxygens (including phenoxy) is 2. The number of likely N-dealkylation sites (tertiary alicyclic amines) is 1. The summed E-state index contributed by atoms with van der Waals surface area (Å²) in [5.74, 6) is 1.14. The molecule has 2 aliphatic rings. The highest BCUT2D eigenvalue weighted by atomic mass is 16.5. The molecular formula is C22H34N2O3. The summed E-state index contributed by atoms with van der Waals surface area (Å²) in [5.41, 5.74) is 1.12. The summed E-state index contributed by atoms with van der Waals surface area (Å²) < 4.78 is 11.4. The predicted molar refractivity (Wildman–Crippen MR) is 107 cm³/mol. The Morgan fingerprint density at radius 3 is 2.85 bits per heavy atom. The van der Waals surface area contributed by atoms with Gasteiger partial charge in [-0.05, 0) is 44.6 Å². The van der Waals surface area contributed by atoms with E-state index < -0.39 is 0 Å². The quantitative estimate of drug-likeness (QED) is 0.699. The van der Waals surface area contributed by atoms with Gasteiger partial charge in [-0.15, -0.1) is 0 Å². The van der Waals surface area contributed by atoms with Crippen LogP contribution in [-0.2, 0) is 16.1 Å². The Morgan fingerprint density at radius 1 is 1.26 bits per heavy atom. The van der Waals surface area contributed by atoms with Gasteiger partial charge >= 0.3 is 0 Å². The van der Waals surface area contributed by atoms with Gasteiger partial charge in [-0.3, -0.25) is 9.69 Å². The molecule has 150 valence electrons. The van der Waals surface area contributed by atoms with Crippen LogP contribution in [0.1, 0.15) is 51.0 Å². The monoisotopic (exact) mass is 374 g/mol. The van der Waals surface area contributed by atoms with Crippen LogP contribution < -0.4 is 4.74 Å². The first kappa shape index (κ1) is 20.2. The highest BCUT2D eigenvalue weighted by Gasteiger charge is 2.28. The maximum Gasteiger partial charge on any atom is 0.237 e. The molecule has 0 saturated carbocycles. The van der Waals surface area contributed by atoms with Crippen molar-refractivity contribution in [1.29, 1.82) is 0 Å². The van der Waals surface area contributed by atoms with Gasteiger partial charge in [0.2, 0.25) is 5.91 Å². The number of nitrogens with zero attached hydrogens (tertiary/aromatic N) is 2. The molecular weight excluding hydrogens is 340 g/mol. The van der Waals surface area contributed by atoms with Crippen LogP contribution >= 0.6 is 0 Å². The second-order valence-corrected chi connectivity index (χ2v) is 7.76. The van der Waals surface area contributed by atoms with Gasteiger partial charge < -0.3 is 14.4 Å². The van der Waals surface area contributed by atoms with Crippen molar-refractivity contribution in [3.8, 4) is 5.75 Å². The average Bonchev–Trinajstić information content (AvgIpc) is 3.21. The molecule has 2 saturated heterocycles. The molecule has 3 rings (SSSR count). The molecule has 2 fully saturated rings. The third kappa shape index (κ3) is 5.45. The average molecular weight is 375 g/mol. The van der Waals surface area contributed by atoms with Crippen LogP contribution in [0, 0.1) is 0 Å². The summed E-state index contributed by atoms with van der Waals surface area (Å²) in [4.78, 5) is 17.5. The number of amides is 1. The largest absolute Gasteiger partial charge is 0.496 e. The van der Waals surface area contributed by atoms with E-state index in [1.807, 2.05) is 18.2 Å². The topological polar surface area (TPSA) is 42.0 Å². The van der Waals surface area contributed by atoms with Gasteiger partial charge in [0, 0.05) is 37.8 Å². The smallest absolute Gasteiger partial charge is 0.237 e. The number of benzene rings is 1. The van der Waals surface area contributed by atoms with E-state index in [-0.39, 0.29) is 12.0 Å². The minimum Gasteiger partial charge on any atom is -0.496 e. The molecule has 2 atom stereocenters. The van der Waals surface area contributed by atoms with Crippen molar-refractivity contribution in [2.45, 2.75) is 64.1 Å². The number of carbonyl (C=O) groups excluding carboxylic acids is 1. The maximum absolute atomic E-state index is 13.1. The molecule has 0 aliphatic carbocycles. The summed E-state index contributed by atoms with van der Waals surface area (Å²) in [6, 6.07) is 8.49. The minimum atomic E-state index is 0.232.